The van der Waals surface area contributed by atoms with E-state index >= 15 is 0 Å². The summed E-state index contributed by atoms with van der Waals surface area (Å²) in [4.78, 5) is 0. The summed E-state index contributed by atoms with van der Waals surface area (Å²) in [5.41, 5.74) is 0.846. The van der Waals surface area contributed by atoms with Gasteiger partial charge in [-0.2, -0.15) is 0 Å². The van der Waals surface area contributed by atoms with Crippen molar-refractivity contribution in [2.24, 2.45) is 0 Å². The second-order valence-corrected chi connectivity index (χ2v) is 5.44. The summed E-state index contributed by atoms with van der Waals surface area (Å²) in [6, 6.07) is 8.93. The van der Waals surface area contributed by atoms with Gasteiger partial charge < -0.3 is 9.47 Å². The second-order valence-electron chi connectivity index (χ2n) is 4.58. The highest BCUT2D eigenvalue weighted by Crippen LogP contribution is 2.30. The Morgan fingerprint density at radius 2 is 2.05 bits per heavy atom. The summed E-state index contributed by atoms with van der Waals surface area (Å²) in [7, 11) is 0. The monoisotopic (exact) mass is 340 g/mol. The van der Waals surface area contributed by atoms with Gasteiger partial charge >= 0.3 is 0 Å². The lowest BCUT2D eigenvalue weighted by atomic mass is 10.1. The van der Waals surface area contributed by atoms with Crippen molar-refractivity contribution in [2.45, 2.75) is 12.5 Å². The van der Waals surface area contributed by atoms with E-state index in [2.05, 4.69) is 15.9 Å². The van der Waals surface area contributed by atoms with Crippen LogP contribution in [-0.4, -0.2) is 12.7 Å². The molecule has 1 heterocycles. The molecule has 0 N–H and O–H groups in total. The van der Waals surface area contributed by atoms with Crippen LogP contribution in [0.4, 0.5) is 8.78 Å². The molecule has 1 unspecified atom stereocenters. The molecule has 3 rings (SSSR count). The van der Waals surface area contributed by atoms with E-state index in [0.29, 0.717) is 29.0 Å². The van der Waals surface area contributed by atoms with Gasteiger partial charge in [0.1, 0.15) is 35.8 Å². The molecule has 0 radical (unpaired) electrons. The third kappa shape index (κ3) is 2.77. The molecule has 20 heavy (non-hydrogen) atoms. The van der Waals surface area contributed by atoms with E-state index in [1.54, 1.807) is 18.2 Å². The SMILES string of the molecule is Fc1ccc2c(c1)CC(COc1ccc(F)c(Br)c1)O2. The Labute approximate surface area is 123 Å². The van der Waals surface area contributed by atoms with Gasteiger partial charge in [0.15, 0.2) is 0 Å². The predicted octanol–water partition coefficient (Wildman–Crippen LogP) is 4.11. The van der Waals surface area contributed by atoms with Gasteiger partial charge in [0.05, 0.1) is 4.47 Å². The highest BCUT2D eigenvalue weighted by atomic mass is 79.9. The zero-order valence-corrected chi connectivity index (χ0v) is 12.0. The minimum atomic E-state index is -0.336. The van der Waals surface area contributed by atoms with E-state index < -0.39 is 0 Å². The van der Waals surface area contributed by atoms with E-state index in [1.165, 1.54) is 18.2 Å². The molecular weight excluding hydrogens is 330 g/mol. The molecule has 2 aromatic carbocycles. The maximum Gasteiger partial charge on any atom is 0.137 e. The van der Waals surface area contributed by atoms with Crippen LogP contribution < -0.4 is 9.47 Å². The van der Waals surface area contributed by atoms with Crippen LogP contribution in [0.2, 0.25) is 0 Å². The zero-order chi connectivity index (χ0) is 14.1. The first kappa shape index (κ1) is 13.4. The van der Waals surface area contributed by atoms with E-state index in [-0.39, 0.29) is 17.7 Å². The number of rotatable bonds is 3. The summed E-state index contributed by atoms with van der Waals surface area (Å²) in [6.07, 6.45) is 0.450. The fourth-order valence-corrected chi connectivity index (χ4v) is 2.50. The first-order valence-electron chi connectivity index (χ1n) is 6.15. The number of hydrogen-bond donors (Lipinski definition) is 0. The van der Waals surface area contributed by atoms with E-state index in [4.69, 9.17) is 9.47 Å². The quantitative estimate of drug-likeness (QED) is 0.837. The van der Waals surface area contributed by atoms with Gasteiger partial charge in [-0.3, -0.25) is 0 Å². The lowest BCUT2D eigenvalue weighted by Crippen LogP contribution is -2.22. The van der Waals surface area contributed by atoms with Crippen LogP contribution in [0.5, 0.6) is 11.5 Å². The fraction of sp³-hybridized carbons (Fsp3) is 0.200. The number of fused-ring (bicyclic) bond motifs is 1. The van der Waals surface area contributed by atoms with Gasteiger partial charge in [0.2, 0.25) is 0 Å². The lowest BCUT2D eigenvalue weighted by Gasteiger charge is -2.12. The minimum absolute atomic E-state index is 0.157. The normalized spacial score (nSPS) is 16.6. The Kier molecular flexibility index (Phi) is 3.61. The molecule has 0 spiro atoms. The van der Waals surface area contributed by atoms with Crippen LogP contribution >= 0.6 is 15.9 Å². The Bertz CT molecular complexity index is 646. The van der Waals surface area contributed by atoms with E-state index in [1.807, 2.05) is 0 Å². The maximum atomic E-state index is 13.1. The van der Waals surface area contributed by atoms with Crippen LogP contribution in [0.3, 0.4) is 0 Å². The lowest BCUT2D eigenvalue weighted by molar-refractivity contribution is 0.148. The average molecular weight is 341 g/mol. The van der Waals surface area contributed by atoms with Gasteiger partial charge in [0, 0.05) is 12.0 Å². The van der Waals surface area contributed by atoms with Crippen LogP contribution in [0.1, 0.15) is 5.56 Å². The molecule has 104 valence electrons. The standard InChI is InChI=1S/C15H11BrF2O2/c16-13-7-11(2-3-14(13)18)19-8-12-6-9-5-10(17)1-4-15(9)20-12/h1-5,7,12H,6,8H2. The first-order chi connectivity index (χ1) is 9.61. The maximum absolute atomic E-state index is 13.1. The van der Waals surface area contributed by atoms with Gasteiger partial charge in [0.25, 0.3) is 0 Å². The average Bonchev–Trinajstić information content (AvgIpc) is 2.82. The van der Waals surface area contributed by atoms with Crippen molar-refractivity contribution in [1.82, 2.24) is 0 Å². The molecule has 5 heteroatoms. The Morgan fingerprint density at radius 1 is 1.20 bits per heavy atom. The summed E-state index contributed by atoms with van der Waals surface area (Å²) in [5, 5.41) is 0. The van der Waals surface area contributed by atoms with Crippen LogP contribution in [0, 0.1) is 11.6 Å². The minimum Gasteiger partial charge on any atom is -0.490 e. The molecule has 0 bridgehead atoms. The highest BCUT2D eigenvalue weighted by molar-refractivity contribution is 9.10. The molecule has 1 aliphatic rings. The van der Waals surface area contributed by atoms with Crippen LogP contribution in [-0.2, 0) is 6.42 Å². The summed E-state index contributed by atoms with van der Waals surface area (Å²) in [6.45, 7) is 0.328. The van der Waals surface area contributed by atoms with Crippen molar-refractivity contribution in [1.29, 1.82) is 0 Å². The predicted molar refractivity (Wildman–Crippen MR) is 74.1 cm³/mol. The number of halogens is 3. The molecule has 0 aliphatic carbocycles. The van der Waals surface area contributed by atoms with Gasteiger partial charge in [-0.05, 0) is 52.3 Å². The highest BCUT2D eigenvalue weighted by Gasteiger charge is 2.23. The van der Waals surface area contributed by atoms with Crippen molar-refractivity contribution in [2.75, 3.05) is 6.61 Å². The first-order valence-corrected chi connectivity index (χ1v) is 6.94. The van der Waals surface area contributed by atoms with E-state index in [0.717, 1.165) is 5.56 Å². The van der Waals surface area contributed by atoms with E-state index in [9.17, 15) is 8.78 Å². The molecule has 0 saturated carbocycles. The number of benzene rings is 2. The number of ether oxygens (including phenoxy) is 2. The van der Waals surface area contributed by atoms with Crippen LogP contribution in [0.25, 0.3) is 0 Å². The summed E-state index contributed by atoms with van der Waals surface area (Å²) in [5.74, 6) is 0.651. The molecular formula is C15H11BrF2O2. The molecule has 2 aromatic rings. The molecule has 1 atom stereocenters. The molecule has 2 nitrogen and oxygen atoms in total. The molecule has 0 aromatic heterocycles. The van der Waals surface area contributed by atoms with Gasteiger partial charge in [-0.15, -0.1) is 0 Å². The molecule has 0 amide bonds. The summed E-state index contributed by atoms with van der Waals surface area (Å²) >= 11 is 3.10. The Hall–Kier alpha value is -1.62. The molecule has 0 fully saturated rings. The summed E-state index contributed by atoms with van der Waals surface area (Å²) < 4.78 is 37.8. The zero-order valence-electron chi connectivity index (χ0n) is 10.4. The van der Waals surface area contributed by atoms with Crippen molar-refractivity contribution in [3.05, 3.63) is 58.1 Å². The largest absolute Gasteiger partial charge is 0.490 e. The molecule has 1 aliphatic heterocycles. The topological polar surface area (TPSA) is 18.5 Å². The fourth-order valence-electron chi connectivity index (χ4n) is 2.14. The van der Waals surface area contributed by atoms with Crippen molar-refractivity contribution in [3.8, 4) is 11.5 Å². The van der Waals surface area contributed by atoms with Gasteiger partial charge in [-0.25, -0.2) is 8.78 Å². The van der Waals surface area contributed by atoms with Crippen molar-refractivity contribution < 1.29 is 18.3 Å². The Balaban J connectivity index is 1.62. The smallest absolute Gasteiger partial charge is 0.137 e. The van der Waals surface area contributed by atoms with Crippen LogP contribution in [0.15, 0.2) is 40.9 Å². The number of hydrogen-bond acceptors (Lipinski definition) is 2. The third-order valence-corrected chi connectivity index (χ3v) is 3.70. The second kappa shape index (κ2) is 5.40. The molecule has 0 saturated heterocycles. The Morgan fingerprint density at radius 3 is 2.85 bits per heavy atom. The third-order valence-electron chi connectivity index (χ3n) is 3.09. The van der Waals surface area contributed by atoms with Gasteiger partial charge in [-0.1, -0.05) is 0 Å². The van der Waals surface area contributed by atoms with Crippen molar-refractivity contribution >= 4 is 15.9 Å². The van der Waals surface area contributed by atoms with Crippen molar-refractivity contribution in [3.63, 3.8) is 0 Å².